The minimum atomic E-state index is -0.425. The smallest absolute Gasteiger partial charge is 0.419 e. The fraction of sp³-hybridized carbons (Fsp3) is 0.250. The van der Waals surface area contributed by atoms with Gasteiger partial charge in [-0.1, -0.05) is 12.1 Å². The second-order valence-electron chi connectivity index (χ2n) is 5.94. The Hall–Kier alpha value is -3.35. The predicted molar refractivity (Wildman–Crippen MR) is 101 cm³/mol. The van der Waals surface area contributed by atoms with E-state index in [1.807, 2.05) is 12.1 Å². The molecule has 1 amide bonds. The molecule has 140 valence electrons. The number of nitrogens with zero attached hydrogens (tertiary/aromatic N) is 1. The van der Waals surface area contributed by atoms with Crippen molar-refractivity contribution in [3.8, 4) is 0 Å². The van der Waals surface area contributed by atoms with Crippen molar-refractivity contribution in [2.75, 3.05) is 11.9 Å². The summed E-state index contributed by atoms with van der Waals surface area (Å²) < 4.78 is 11.6. The van der Waals surface area contributed by atoms with Gasteiger partial charge in [-0.05, 0) is 49.7 Å². The van der Waals surface area contributed by atoms with Gasteiger partial charge < -0.3 is 14.5 Å². The first-order valence-electron chi connectivity index (χ1n) is 8.74. The molecule has 1 heterocycles. The van der Waals surface area contributed by atoms with Crippen LogP contribution in [0.3, 0.4) is 0 Å². The molecular formula is C20H20N2O5. The molecule has 0 unspecified atom stereocenters. The lowest BCUT2D eigenvalue weighted by Gasteiger charge is -2.07. The van der Waals surface area contributed by atoms with E-state index in [1.165, 1.54) is 4.57 Å². The number of fused-ring (bicyclic) bond motifs is 1. The average molecular weight is 368 g/mol. The maximum atomic E-state index is 12.1. The van der Waals surface area contributed by atoms with Crippen LogP contribution in [0.15, 0.2) is 57.7 Å². The van der Waals surface area contributed by atoms with E-state index in [1.54, 1.807) is 43.3 Å². The van der Waals surface area contributed by atoms with Gasteiger partial charge in [0.25, 0.3) is 0 Å². The van der Waals surface area contributed by atoms with Crippen molar-refractivity contribution in [1.29, 1.82) is 0 Å². The number of carbonyl (C=O) groups is 2. The molecule has 0 aliphatic heterocycles. The zero-order chi connectivity index (χ0) is 19.2. The highest BCUT2D eigenvalue weighted by Crippen LogP contribution is 2.14. The van der Waals surface area contributed by atoms with E-state index in [4.69, 9.17) is 9.15 Å². The number of rotatable bonds is 7. The first-order valence-corrected chi connectivity index (χ1v) is 8.74. The topological polar surface area (TPSA) is 90.5 Å². The highest BCUT2D eigenvalue weighted by Gasteiger charge is 2.10. The summed E-state index contributed by atoms with van der Waals surface area (Å²) in [7, 11) is 0. The molecule has 0 saturated carbocycles. The van der Waals surface area contributed by atoms with E-state index >= 15 is 0 Å². The van der Waals surface area contributed by atoms with E-state index in [0.29, 0.717) is 36.4 Å². The highest BCUT2D eigenvalue weighted by molar-refractivity contribution is 5.93. The van der Waals surface area contributed by atoms with Crippen molar-refractivity contribution in [2.45, 2.75) is 26.3 Å². The molecular weight excluding hydrogens is 348 g/mol. The molecule has 0 bridgehead atoms. The van der Waals surface area contributed by atoms with Crippen LogP contribution in [0.2, 0.25) is 0 Å². The molecule has 0 atom stereocenters. The van der Waals surface area contributed by atoms with Crippen LogP contribution in [-0.2, 0) is 16.1 Å². The zero-order valence-electron chi connectivity index (χ0n) is 14.9. The number of esters is 1. The number of hydrogen-bond donors (Lipinski definition) is 1. The summed E-state index contributed by atoms with van der Waals surface area (Å²) in [5.41, 5.74) is 2.28. The van der Waals surface area contributed by atoms with Crippen molar-refractivity contribution in [2.24, 2.45) is 0 Å². The number of aromatic nitrogens is 1. The molecule has 7 heteroatoms. The molecule has 2 aromatic carbocycles. The molecule has 0 spiro atoms. The third kappa shape index (κ3) is 4.44. The maximum Gasteiger partial charge on any atom is 0.419 e. The third-order valence-corrected chi connectivity index (χ3v) is 4.04. The average Bonchev–Trinajstić information content (AvgIpc) is 2.98. The number of ether oxygens (including phenoxy) is 1. The number of aryl methyl sites for hydroxylation is 1. The first kappa shape index (κ1) is 18.4. The quantitative estimate of drug-likeness (QED) is 0.647. The van der Waals surface area contributed by atoms with Crippen LogP contribution in [0.5, 0.6) is 0 Å². The Morgan fingerprint density at radius 2 is 1.85 bits per heavy atom. The molecule has 27 heavy (non-hydrogen) atoms. The molecule has 1 aromatic heterocycles. The molecule has 0 saturated heterocycles. The summed E-state index contributed by atoms with van der Waals surface area (Å²) in [6.07, 6.45) is 0.752. The van der Waals surface area contributed by atoms with Gasteiger partial charge in [0.1, 0.15) is 0 Å². The normalized spacial score (nSPS) is 10.7. The molecule has 0 aliphatic carbocycles. The molecule has 3 rings (SSSR count). The number of carbonyl (C=O) groups excluding carboxylic acids is 2. The Balaban J connectivity index is 1.53. The molecule has 3 aromatic rings. The third-order valence-electron chi connectivity index (χ3n) is 4.04. The van der Waals surface area contributed by atoms with Crippen LogP contribution in [-0.4, -0.2) is 23.1 Å². The van der Waals surface area contributed by atoms with Crippen molar-refractivity contribution in [3.63, 3.8) is 0 Å². The second-order valence-corrected chi connectivity index (χ2v) is 5.94. The van der Waals surface area contributed by atoms with Crippen LogP contribution in [0.25, 0.3) is 11.1 Å². The Labute approximate surface area is 155 Å². The van der Waals surface area contributed by atoms with Gasteiger partial charge in [-0.15, -0.1) is 0 Å². The lowest BCUT2D eigenvalue weighted by molar-refractivity contribution is -0.116. The van der Waals surface area contributed by atoms with Crippen molar-refractivity contribution < 1.29 is 18.7 Å². The number of hydrogen-bond acceptors (Lipinski definition) is 5. The highest BCUT2D eigenvalue weighted by atomic mass is 16.5. The SMILES string of the molecule is CCOC(=O)c1ccc(NC(=O)CCCn2c(=O)oc3ccccc32)cc1. The molecule has 0 aliphatic rings. The van der Waals surface area contributed by atoms with Crippen molar-refractivity contribution in [1.82, 2.24) is 4.57 Å². The lowest BCUT2D eigenvalue weighted by atomic mass is 10.2. The van der Waals surface area contributed by atoms with Gasteiger partial charge >= 0.3 is 11.7 Å². The number of anilines is 1. The van der Waals surface area contributed by atoms with Gasteiger partial charge in [0.15, 0.2) is 5.58 Å². The van der Waals surface area contributed by atoms with Gasteiger partial charge in [0.2, 0.25) is 5.91 Å². The summed E-state index contributed by atoms with van der Waals surface area (Å²) in [4.78, 5) is 35.6. The monoisotopic (exact) mass is 368 g/mol. The minimum absolute atomic E-state index is 0.167. The first-order chi connectivity index (χ1) is 13.1. The van der Waals surface area contributed by atoms with E-state index < -0.39 is 11.7 Å². The van der Waals surface area contributed by atoms with Gasteiger partial charge in [0, 0.05) is 18.7 Å². The van der Waals surface area contributed by atoms with Crippen LogP contribution in [0.4, 0.5) is 5.69 Å². The molecule has 0 fully saturated rings. The predicted octanol–water partition coefficient (Wildman–Crippen LogP) is 3.19. The number of oxazole rings is 1. The standard InChI is InChI=1S/C20H20N2O5/c1-2-26-19(24)14-9-11-15(12-10-14)21-18(23)8-5-13-22-16-6-3-4-7-17(16)27-20(22)25/h3-4,6-7,9-12H,2,5,8,13H2,1H3,(H,21,23). The second kappa shape index (κ2) is 8.35. The maximum absolute atomic E-state index is 12.1. The summed E-state index contributed by atoms with van der Waals surface area (Å²) in [6.45, 7) is 2.45. The summed E-state index contributed by atoms with van der Waals surface area (Å²) >= 11 is 0. The summed E-state index contributed by atoms with van der Waals surface area (Å²) in [5, 5.41) is 2.77. The van der Waals surface area contributed by atoms with Crippen molar-refractivity contribution in [3.05, 3.63) is 64.6 Å². The lowest BCUT2D eigenvalue weighted by Crippen LogP contribution is -2.17. The Bertz CT molecular complexity index is 1000. The molecule has 7 nitrogen and oxygen atoms in total. The summed E-state index contributed by atoms with van der Waals surface area (Å²) in [5.74, 6) is -0.987. The van der Waals surface area contributed by atoms with Crippen LogP contribution < -0.4 is 11.1 Å². The van der Waals surface area contributed by atoms with Crippen molar-refractivity contribution >= 4 is 28.7 Å². The minimum Gasteiger partial charge on any atom is -0.462 e. The zero-order valence-corrected chi connectivity index (χ0v) is 14.9. The Kier molecular flexibility index (Phi) is 5.71. The molecule has 0 radical (unpaired) electrons. The van der Waals surface area contributed by atoms with Crippen LogP contribution in [0.1, 0.15) is 30.1 Å². The number of benzene rings is 2. The van der Waals surface area contributed by atoms with E-state index in [-0.39, 0.29) is 12.3 Å². The van der Waals surface area contributed by atoms with E-state index in [9.17, 15) is 14.4 Å². The number of para-hydroxylation sites is 2. The fourth-order valence-electron chi connectivity index (χ4n) is 2.75. The van der Waals surface area contributed by atoms with Gasteiger partial charge in [-0.3, -0.25) is 9.36 Å². The Morgan fingerprint density at radius 3 is 2.59 bits per heavy atom. The summed E-state index contributed by atoms with van der Waals surface area (Å²) in [6, 6.07) is 13.7. The van der Waals surface area contributed by atoms with Crippen LogP contribution in [0, 0.1) is 0 Å². The number of nitrogens with one attached hydrogen (secondary N) is 1. The Morgan fingerprint density at radius 1 is 1.11 bits per heavy atom. The van der Waals surface area contributed by atoms with Gasteiger partial charge in [-0.25, -0.2) is 9.59 Å². The van der Waals surface area contributed by atoms with Gasteiger partial charge in [-0.2, -0.15) is 0 Å². The molecule has 1 N–H and O–H groups in total. The van der Waals surface area contributed by atoms with Gasteiger partial charge in [0.05, 0.1) is 17.7 Å². The van der Waals surface area contributed by atoms with E-state index in [2.05, 4.69) is 5.32 Å². The number of amides is 1. The van der Waals surface area contributed by atoms with E-state index in [0.717, 1.165) is 5.52 Å². The van der Waals surface area contributed by atoms with Crippen LogP contribution >= 0.6 is 0 Å². The largest absolute Gasteiger partial charge is 0.462 e. The fourth-order valence-corrected chi connectivity index (χ4v) is 2.75.